The zero-order chi connectivity index (χ0) is 49.0. The highest BCUT2D eigenvalue weighted by Gasteiger charge is 2.68. The highest BCUT2D eigenvalue weighted by molar-refractivity contribution is 5.94. The van der Waals surface area contributed by atoms with Crippen LogP contribution in [-0.2, 0) is 19.1 Å². The van der Waals surface area contributed by atoms with Crippen LogP contribution in [0.1, 0.15) is 168 Å². The van der Waals surface area contributed by atoms with E-state index in [2.05, 4.69) is 62.5 Å². The first-order chi connectivity index (χ1) is 31.7. The minimum Gasteiger partial charge on any atom is -0.394 e. The summed E-state index contributed by atoms with van der Waals surface area (Å²) in [5.41, 5.74) is -6.96. The molecule has 0 bridgehead atoms. The van der Waals surface area contributed by atoms with Gasteiger partial charge < -0.3 is 65.6 Å². The maximum Gasteiger partial charge on any atom is 0.181 e. The number of allylic oxidation sites excluding steroid dienone is 8. The zero-order valence-electron chi connectivity index (χ0n) is 39.9. The van der Waals surface area contributed by atoms with Crippen molar-refractivity contribution in [3.63, 3.8) is 0 Å². The number of carbonyl (C=O) groups excluding carboxylic acids is 2. The van der Waals surface area contributed by atoms with Gasteiger partial charge in [0, 0.05) is 12.8 Å². The summed E-state index contributed by atoms with van der Waals surface area (Å²) in [6.07, 6.45) is 11.2. The maximum atomic E-state index is 14.4. The molecule has 0 saturated carbocycles. The first-order valence-electron chi connectivity index (χ1n) is 25.1. The van der Waals surface area contributed by atoms with E-state index < -0.39 is 116 Å². The predicted octanol–water partition coefficient (Wildman–Crippen LogP) is 4.26. The molecule has 0 aromatic carbocycles. The normalized spacial score (nSPS) is 28.7. The topological polar surface area (TPSA) is 275 Å². The van der Waals surface area contributed by atoms with Crippen molar-refractivity contribution < 1.29 is 75.2 Å². The monoisotopic (exact) mass is 941 g/mol. The average Bonchev–Trinajstić information content (AvgIpc) is 3.31. The van der Waals surface area contributed by atoms with E-state index in [0.717, 1.165) is 64.2 Å². The Morgan fingerprint density at radius 3 is 1.08 bits per heavy atom. The van der Waals surface area contributed by atoms with Crippen molar-refractivity contribution in [3.8, 4) is 0 Å². The Labute approximate surface area is 394 Å². The van der Waals surface area contributed by atoms with E-state index in [1.165, 1.54) is 38.5 Å². The van der Waals surface area contributed by atoms with Crippen LogP contribution in [0, 0.1) is 0 Å². The Hall–Kier alpha value is -2.22. The van der Waals surface area contributed by atoms with Gasteiger partial charge in [-0.05, 0) is 77.0 Å². The standard InChI is InChI=1S/C51H88O15/c1-3-5-7-9-11-13-15-17-19-21-23-25-27-29-31-33-39(54)50(63,47-45(60)43(58)41(56)37(35-52)65-47)49(62)51(64,48-46(61)44(59)42(57)38(36-53)66-48)40(55)34-32-30-28-26-24-22-20-18-16-14-12-10-8-6-4-2/h11-14,17-20,37-38,41-49,52-53,56-64H,3-10,15-16,21-36H2,1-2H3/b13-11-,14-12-,19-17-,20-18-/t37-,38-,41+,42+,43+,44+,45-,46-,47?,48?,49?,50?,51?/m1/s1. The van der Waals surface area contributed by atoms with Crippen LogP contribution in [0.2, 0.25) is 0 Å². The highest BCUT2D eigenvalue weighted by Crippen LogP contribution is 2.41. The molecule has 0 amide bonds. The second-order valence-electron chi connectivity index (χ2n) is 18.4. The molecule has 0 aromatic rings. The lowest BCUT2D eigenvalue weighted by Crippen LogP contribution is -2.79. The highest BCUT2D eigenvalue weighted by atomic mass is 16.6. The molecule has 2 fully saturated rings. The quantitative estimate of drug-likeness (QED) is 0.0310. The number of aliphatic hydroxyl groups excluding tert-OH is 9. The lowest BCUT2D eigenvalue weighted by molar-refractivity contribution is -0.313. The summed E-state index contributed by atoms with van der Waals surface area (Å²) >= 11 is 0. The van der Waals surface area contributed by atoms with E-state index in [9.17, 15) is 65.8 Å². The number of Topliss-reactive ketones (excluding diaryl/α,β-unsaturated/α-hetero) is 2. The predicted molar refractivity (Wildman–Crippen MR) is 252 cm³/mol. The number of hydrogen-bond donors (Lipinski definition) is 11. The second-order valence-corrected chi connectivity index (χ2v) is 18.4. The maximum absolute atomic E-state index is 14.4. The summed E-state index contributed by atoms with van der Waals surface area (Å²) in [7, 11) is 0. The lowest BCUT2D eigenvalue weighted by atomic mass is 9.67. The van der Waals surface area contributed by atoms with Crippen LogP contribution in [-0.4, -0.2) is 159 Å². The first-order valence-corrected chi connectivity index (χ1v) is 25.1. The van der Waals surface area contributed by atoms with Gasteiger partial charge in [-0.1, -0.05) is 127 Å². The molecule has 0 aromatic heterocycles. The summed E-state index contributed by atoms with van der Waals surface area (Å²) in [4.78, 5) is 28.7. The van der Waals surface area contributed by atoms with Crippen LogP contribution < -0.4 is 0 Å². The SMILES string of the molecule is CCCCC/C=C\C/C=C\CCCCCCCC(=O)C(O)(C1O[C@H](CO)[C@H](O)[C@H](O)[C@H]1O)C(O)C(O)(C(=O)CCCCCCC/C=C\C/C=C\CCCCC)C1O[C@H](CO)[C@H](O)[C@H](O)[C@H]1O. The molecule has 382 valence electrons. The minimum atomic E-state index is -3.48. The van der Waals surface area contributed by atoms with E-state index >= 15 is 0 Å². The molecule has 2 aliphatic rings. The van der Waals surface area contributed by atoms with Crippen molar-refractivity contribution in [3.05, 3.63) is 48.6 Å². The van der Waals surface area contributed by atoms with Crippen LogP contribution in [0.5, 0.6) is 0 Å². The Kier molecular flexibility index (Phi) is 30.3. The van der Waals surface area contributed by atoms with Gasteiger partial charge in [0.25, 0.3) is 0 Å². The molecule has 2 saturated heterocycles. The summed E-state index contributed by atoms with van der Waals surface area (Å²) < 4.78 is 11.2. The minimum absolute atomic E-state index is 0.141. The Morgan fingerprint density at radius 2 is 0.758 bits per heavy atom. The molecule has 2 heterocycles. The van der Waals surface area contributed by atoms with E-state index in [1.807, 2.05) is 0 Å². The molecule has 11 N–H and O–H groups in total. The molecule has 15 nitrogen and oxygen atoms in total. The number of carbonyl (C=O) groups is 2. The first kappa shape index (κ1) is 59.9. The van der Waals surface area contributed by atoms with Gasteiger partial charge in [0.2, 0.25) is 0 Å². The molecular weight excluding hydrogens is 853 g/mol. The Morgan fingerprint density at radius 1 is 0.455 bits per heavy atom. The Bertz CT molecular complexity index is 1330. The Balaban J connectivity index is 2.26. The van der Waals surface area contributed by atoms with Crippen LogP contribution in [0.4, 0.5) is 0 Å². The van der Waals surface area contributed by atoms with Gasteiger partial charge in [-0.25, -0.2) is 0 Å². The number of unbranched alkanes of at least 4 members (excludes halogenated alkanes) is 16. The van der Waals surface area contributed by atoms with Crippen LogP contribution in [0.15, 0.2) is 48.6 Å². The molecule has 15 heteroatoms. The number of ether oxygens (including phenoxy) is 2. The number of aliphatic hydroxyl groups is 11. The van der Waals surface area contributed by atoms with Gasteiger partial charge in [-0.2, -0.15) is 0 Å². The number of rotatable bonds is 36. The van der Waals surface area contributed by atoms with E-state index in [0.29, 0.717) is 25.7 Å². The van der Waals surface area contributed by atoms with Crippen molar-refractivity contribution in [2.75, 3.05) is 13.2 Å². The third-order valence-electron chi connectivity index (χ3n) is 13.1. The van der Waals surface area contributed by atoms with Crippen molar-refractivity contribution in [1.29, 1.82) is 0 Å². The van der Waals surface area contributed by atoms with Crippen molar-refractivity contribution in [2.24, 2.45) is 0 Å². The van der Waals surface area contributed by atoms with Crippen LogP contribution in [0.25, 0.3) is 0 Å². The molecule has 12 atom stereocenters. The fraction of sp³-hybridized carbons (Fsp3) is 0.804. The summed E-state index contributed by atoms with van der Waals surface area (Å²) in [5, 5.41) is 122. The van der Waals surface area contributed by atoms with Crippen molar-refractivity contribution >= 4 is 11.6 Å². The fourth-order valence-corrected chi connectivity index (χ4v) is 8.79. The molecule has 0 radical (unpaired) electrons. The molecule has 2 rings (SSSR count). The third-order valence-corrected chi connectivity index (χ3v) is 13.1. The van der Waals surface area contributed by atoms with E-state index in [-0.39, 0.29) is 12.8 Å². The summed E-state index contributed by atoms with van der Waals surface area (Å²) in [6.45, 7) is 2.40. The third kappa shape index (κ3) is 18.3. The molecule has 0 spiro atoms. The van der Waals surface area contributed by atoms with Crippen LogP contribution >= 0.6 is 0 Å². The molecule has 0 aliphatic carbocycles. The molecule has 2 aliphatic heterocycles. The van der Waals surface area contributed by atoms with E-state index in [4.69, 9.17) is 9.47 Å². The van der Waals surface area contributed by atoms with Crippen molar-refractivity contribution in [1.82, 2.24) is 0 Å². The van der Waals surface area contributed by atoms with Crippen molar-refractivity contribution in [2.45, 2.75) is 246 Å². The summed E-state index contributed by atoms with van der Waals surface area (Å²) in [5.74, 6) is -2.48. The van der Waals surface area contributed by atoms with Gasteiger partial charge in [0.1, 0.15) is 67.1 Å². The van der Waals surface area contributed by atoms with Crippen LogP contribution in [0.3, 0.4) is 0 Å². The van der Waals surface area contributed by atoms with Gasteiger partial charge in [-0.15, -0.1) is 0 Å². The van der Waals surface area contributed by atoms with Gasteiger partial charge in [0.05, 0.1) is 13.2 Å². The molecule has 66 heavy (non-hydrogen) atoms. The molecule has 4 unspecified atom stereocenters. The van der Waals surface area contributed by atoms with E-state index in [1.54, 1.807) is 0 Å². The number of hydrogen-bond acceptors (Lipinski definition) is 15. The fourth-order valence-electron chi connectivity index (χ4n) is 8.79. The van der Waals surface area contributed by atoms with Gasteiger partial charge in [0.15, 0.2) is 22.8 Å². The molecular formula is C51H88O15. The van der Waals surface area contributed by atoms with Gasteiger partial charge in [-0.3, -0.25) is 9.59 Å². The smallest absolute Gasteiger partial charge is 0.181 e. The lowest BCUT2D eigenvalue weighted by Gasteiger charge is -2.53. The second kappa shape index (κ2) is 33.3. The largest absolute Gasteiger partial charge is 0.394 e. The zero-order valence-corrected chi connectivity index (χ0v) is 39.9. The average molecular weight is 941 g/mol. The van der Waals surface area contributed by atoms with Gasteiger partial charge >= 0.3 is 0 Å². The number of ketones is 2. The summed E-state index contributed by atoms with van der Waals surface area (Å²) in [6, 6.07) is 0.